The zero-order chi connectivity index (χ0) is 24.8. The number of ether oxygens (including phenoxy) is 2. The van der Waals surface area contributed by atoms with Gasteiger partial charge in [-0.3, -0.25) is 9.69 Å². The first-order chi connectivity index (χ1) is 16.9. The van der Waals surface area contributed by atoms with Gasteiger partial charge in [0.15, 0.2) is 11.5 Å². The van der Waals surface area contributed by atoms with Crippen molar-refractivity contribution in [2.75, 3.05) is 39.9 Å². The lowest BCUT2D eigenvalue weighted by atomic mass is 10.1. The molecular weight excluding hydrogens is 444 g/mol. The quantitative estimate of drug-likeness (QED) is 0.450. The highest BCUT2D eigenvalue weighted by Crippen LogP contribution is 2.29. The molecule has 186 valence electrons. The number of piperazine rings is 1. The third kappa shape index (κ3) is 6.39. The predicted molar refractivity (Wildman–Crippen MR) is 134 cm³/mol. The molecule has 3 aromatic rings. The monoisotopic (exact) mass is 478 g/mol. The van der Waals surface area contributed by atoms with Crippen molar-refractivity contribution in [2.45, 2.75) is 33.7 Å². The molecular formula is C27H34N4O4. The van der Waals surface area contributed by atoms with E-state index in [1.165, 1.54) is 5.56 Å². The standard InChI is InChI=1S/C27H34N4O4/c1-19(2)11-16-34-23-10-9-22(17-24(23)33-4)27(32)31-14-12-30(13-15-31)18-25-28-26(29-35-25)21-7-5-20(3)6-8-21/h5-10,17,19H,11-16,18H2,1-4H3. The van der Waals surface area contributed by atoms with Gasteiger partial charge < -0.3 is 18.9 Å². The highest BCUT2D eigenvalue weighted by Gasteiger charge is 2.24. The van der Waals surface area contributed by atoms with Crippen molar-refractivity contribution in [3.8, 4) is 22.9 Å². The van der Waals surface area contributed by atoms with E-state index in [2.05, 4.69) is 28.9 Å². The minimum atomic E-state index is -0.00359. The normalized spacial score (nSPS) is 14.4. The molecule has 0 aliphatic carbocycles. The lowest BCUT2D eigenvalue weighted by Gasteiger charge is -2.34. The topological polar surface area (TPSA) is 80.9 Å². The molecule has 1 aliphatic rings. The van der Waals surface area contributed by atoms with Crippen LogP contribution in [0.25, 0.3) is 11.4 Å². The predicted octanol–water partition coefficient (Wildman–Crippen LogP) is 4.44. The largest absolute Gasteiger partial charge is 0.493 e. The molecule has 0 spiro atoms. The van der Waals surface area contributed by atoms with Crippen LogP contribution in [-0.2, 0) is 6.54 Å². The van der Waals surface area contributed by atoms with Crippen molar-refractivity contribution in [1.29, 1.82) is 0 Å². The van der Waals surface area contributed by atoms with Crippen molar-refractivity contribution in [3.05, 3.63) is 59.5 Å². The first kappa shape index (κ1) is 24.7. The summed E-state index contributed by atoms with van der Waals surface area (Å²) in [5, 5.41) is 4.12. The van der Waals surface area contributed by atoms with E-state index in [0.717, 1.165) is 25.1 Å². The molecule has 0 radical (unpaired) electrons. The van der Waals surface area contributed by atoms with Crippen LogP contribution in [0.1, 0.15) is 42.1 Å². The molecule has 1 fully saturated rings. The van der Waals surface area contributed by atoms with Gasteiger partial charge in [0.1, 0.15) is 0 Å². The van der Waals surface area contributed by atoms with Crippen molar-refractivity contribution in [1.82, 2.24) is 19.9 Å². The fraction of sp³-hybridized carbons (Fsp3) is 0.444. The Morgan fingerprint density at radius 2 is 1.80 bits per heavy atom. The average Bonchev–Trinajstić information content (AvgIpc) is 3.33. The lowest BCUT2D eigenvalue weighted by molar-refractivity contribution is 0.0614. The molecule has 8 heteroatoms. The van der Waals surface area contributed by atoms with E-state index < -0.39 is 0 Å². The third-order valence-corrected chi connectivity index (χ3v) is 6.16. The number of hydrogen-bond acceptors (Lipinski definition) is 7. The van der Waals surface area contributed by atoms with E-state index in [4.69, 9.17) is 14.0 Å². The second kappa shape index (κ2) is 11.4. The summed E-state index contributed by atoms with van der Waals surface area (Å²) in [4.78, 5) is 21.7. The maximum atomic E-state index is 13.1. The van der Waals surface area contributed by atoms with Gasteiger partial charge in [0.2, 0.25) is 11.7 Å². The number of hydrogen-bond donors (Lipinski definition) is 0. The summed E-state index contributed by atoms with van der Waals surface area (Å²) < 4.78 is 16.8. The summed E-state index contributed by atoms with van der Waals surface area (Å²) in [5.74, 6) is 2.99. The number of carbonyl (C=O) groups is 1. The van der Waals surface area contributed by atoms with Gasteiger partial charge in [0, 0.05) is 37.3 Å². The van der Waals surface area contributed by atoms with Gasteiger partial charge in [-0.2, -0.15) is 4.98 Å². The molecule has 0 saturated carbocycles. The Kier molecular flexibility index (Phi) is 8.02. The Hall–Kier alpha value is -3.39. The van der Waals surface area contributed by atoms with Crippen LogP contribution in [0.15, 0.2) is 47.0 Å². The van der Waals surface area contributed by atoms with Crippen LogP contribution in [0.5, 0.6) is 11.5 Å². The number of rotatable bonds is 9. The van der Waals surface area contributed by atoms with Crippen molar-refractivity contribution in [3.63, 3.8) is 0 Å². The summed E-state index contributed by atoms with van der Waals surface area (Å²) in [6.45, 7) is 10.3. The third-order valence-electron chi connectivity index (χ3n) is 6.16. The Labute approximate surface area is 206 Å². The van der Waals surface area contributed by atoms with Gasteiger partial charge in [0.05, 0.1) is 20.3 Å². The number of nitrogens with zero attached hydrogens (tertiary/aromatic N) is 4. The zero-order valence-corrected chi connectivity index (χ0v) is 21.0. The van der Waals surface area contributed by atoms with E-state index in [9.17, 15) is 4.79 Å². The zero-order valence-electron chi connectivity index (χ0n) is 21.0. The van der Waals surface area contributed by atoms with E-state index in [1.807, 2.05) is 48.2 Å². The molecule has 2 aromatic carbocycles. The maximum Gasteiger partial charge on any atom is 0.254 e. The SMILES string of the molecule is COc1cc(C(=O)N2CCN(Cc3nc(-c4ccc(C)cc4)no3)CC2)ccc1OCCC(C)C. The number of aromatic nitrogens is 2. The van der Waals surface area contributed by atoms with Gasteiger partial charge in [0.25, 0.3) is 5.91 Å². The number of carbonyl (C=O) groups excluding carboxylic acids is 1. The first-order valence-electron chi connectivity index (χ1n) is 12.1. The molecule has 8 nitrogen and oxygen atoms in total. The van der Waals surface area contributed by atoms with Crippen LogP contribution in [0, 0.1) is 12.8 Å². The fourth-order valence-corrected chi connectivity index (χ4v) is 3.95. The summed E-state index contributed by atoms with van der Waals surface area (Å²) in [5.41, 5.74) is 2.73. The van der Waals surface area contributed by atoms with E-state index in [1.54, 1.807) is 13.2 Å². The maximum absolute atomic E-state index is 13.1. The molecule has 0 atom stereocenters. The van der Waals surface area contributed by atoms with Gasteiger partial charge >= 0.3 is 0 Å². The molecule has 35 heavy (non-hydrogen) atoms. The summed E-state index contributed by atoms with van der Waals surface area (Å²) in [7, 11) is 1.60. The highest BCUT2D eigenvalue weighted by atomic mass is 16.5. The van der Waals surface area contributed by atoms with Gasteiger partial charge in [-0.05, 0) is 37.5 Å². The molecule has 1 amide bonds. The Morgan fingerprint density at radius 1 is 1.06 bits per heavy atom. The smallest absolute Gasteiger partial charge is 0.254 e. The minimum absolute atomic E-state index is 0.00359. The molecule has 2 heterocycles. The van der Waals surface area contributed by atoms with E-state index in [-0.39, 0.29) is 5.91 Å². The Morgan fingerprint density at radius 3 is 2.49 bits per heavy atom. The Bertz CT molecular complexity index is 1120. The molecule has 0 N–H and O–H groups in total. The number of aryl methyl sites for hydroxylation is 1. The van der Waals surface area contributed by atoms with Crippen LogP contribution in [0.2, 0.25) is 0 Å². The minimum Gasteiger partial charge on any atom is -0.493 e. The first-order valence-corrected chi connectivity index (χ1v) is 12.1. The van der Waals surface area contributed by atoms with Gasteiger partial charge in [-0.1, -0.05) is 48.8 Å². The average molecular weight is 479 g/mol. The van der Waals surface area contributed by atoms with Crippen LogP contribution in [-0.4, -0.2) is 65.7 Å². The highest BCUT2D eigenvalue weighted by molar-refractivity contribution is 5.95. The van der Waals surface area contributed by atoms with E-state index in [0.29, 0.717) is 60.9 Å². The summed E-state index contributed by atoms with van der Waals surface area (Å²) in [6, 6.07) is 13.5. The van der Waals surface area contributed by atoms with Crippen LogP contribution in [0.4, 0.5) is 0 Å². The molecule has 1 aliphatic heterocycles. The molecule has 4 rings (SSSR count). The summed E-state index contributed by atoms with van der Waals surface area (Å²) in [6.07, 6.45) is 0.963. The number of amides is 1. The van der Waals surface area contributed by atoms with Crippen molar-refractivity contribution in [2.24, 2.45) is 5.92 Å². The second-order valence-corrected chi connectivity index (χ2v) is 9.34. The lowest BCUT2D eigenvalue weighted by Crippen LogP contribution is -2.48. The molecule has 1 saturated heterocycles. The van der Waals surface area contributed by atoms with Gasteiger partial charge in [-0.15, -0.1) is 0 Å². The van der Waals surface area contributed by atoms with Crippen molar-refractivity contribution < 1.29 is 18.8 Å². The number of methoxy groups -OCH3 is 1. The Balaban J connectivity index is 1.30. The molecule has 0 unspecified atom stereocenters. The van der Waals surface area contributed by atoms with Crippen LogP contribution >= 0.6 is 0 Å². The molecule has 1 aromatic heterocycles. The van der Waals surface area contributed by atoms with Crippen LogP contribution in [0.3, 0.4) is 0 Å². The number of benzene rings is 2. The van der Waals surface area contributed by atoms with E-state index >= 15 is 0 Å². The van der Waals surface area contributed by atoms with Gasteiger partial charge in [-0.25, -0.2) is 0 Å². The fourth-order valence-electron chi connectivity index (χ4n) is 3.95. The molecule has 0 bridgehead atoms. The van der Waals surface area contributed by atoms with Crippen molar-refractivity contribution >= 4 is 5.91 Å². The van der Waals surface area contributed by atoms with Crippen LogP contribution < -0.4 is 9.47 Å². The second-order valence-electron chi connectivity index (χ2n) is 9.34. The summed E-state index contributed by atoms with van der Waals surface area (Å²) >= 11 is 0.